The van der Waals surface area contributed by atoms with Gasteiger partial charge in [-0.05, 0) is 30.9 Å². The lowest BCUT2D eigenvalue weighted by Gasteiger charge is -2.20. The Bertz CT molecular complexity index is 695. The van der Waals surface area contributed by atoms with Crippen molar-refractivity contribution in [3.05, 3.63) is 42.1 Å². The highest BCUT2D eigenvalue weighted by atomic mass is 16.4. The topological polar surface area (TPSA) is 70.5 Å². The third-order valence-corrected chi connectivity index (χ3v) is 3.61. The number of hydrogen-bond donors (Lipinski definition) is 1. The van der Waals surface area contributed by atoms with Crippen LogP contribution in [0.2, 0.25) is 0 Å². The second-order valence-corrected chi connectivity index (χ2v) is 5.41. The number of fused-ring (bicyclic) bond motifs is 1. The number of nitrogens with zero attached hydrogens (tertiary/aromatic N) is 2. The van der Waals surface area contributed by atoms with E-state index < -0.39 is 5.97 Å². The molecule has 5 heteroatoms. The van der Waals surface area contributed by atoms with Crippen LogP contribution in [0.25, 0.3) is 10.9 Å². The normalized spacial score (nSPS) is 14.1. The van der Waals surface area contributed by atoms with E-state index in [1.54, 1.807) is 6.07 Å². The predicted octanol–water partition coefficient (Wildman–Crippen LogP) is 2.17. The standard InChI is InChI=1S/C16H16N2O3/c19-15(20)10-18(9-11-5-6-11)16(21)14-8-7-12-3-1-2-4-13(12)17-14/h1-4,7-8,11H,5-6,9-10H2,(H,19,20). The molecule has 1 aromatic heterocycles. The molecule has 1 N–H and O–H groups in total. The molecular formula is C16H16N2O3. The maximum atomic E-state index is 12.5. The number of carbonyl (C=O) groups excluding carboxylic acids is 1. The first-order valence-corrected chi connectivity index (χ1v) is 7.00. The van der Waals surface area contributed by atoms with E-state index in [2.05, 4.69) is 4.98 Å². The number of carboxylic acids is 1. The van der Waals surface area contributed by atoms with Gasteiger partial charge in [-0.25, -0.2) is 4.98 Å². The third-order valence-electron chi connectivity index (χ3n) is 3.61. The van der Waals surface area contributed by atoms with Gasteiger partial charge in [0.25, 0.3) is 5.91 Å². The Morgan fingerprint density at radius 3 is 2.67 bits per heavy atom. The van der Waals surface area contributed by atoms with E-state index in [0.717, 1.165) is 23.7 Å². The van der Waals surface area contributed by atoms with Crippen molar-refractivity contribution in [2.75, 3.05) is 13.1 Å². The van der Waals surface area contributed by atoms with Crippen LogP contribution in [0.5, 0.6) is 0 Å². The van der Waals surface area contributed by atoms with Crippen LogP contribution in [0.3, 0.4) is 0 Å². The minimum atomic E-state index is -0.996. The Morgan fingerprint density at radius 2 is 1.95 bits per heavy atom. The number of hydrogen-bond acceptors (Lipinski definition) is 3. The van der Waals surface area contributed by atoms with Crippen molar-refractivity contribution in [3.8, 4) is 0 Å². The molecule has 1 aromatic carbocycles. The molecule has 1 fully saturated rings. The molecule has 21 heavy (non-hydrogen) atoms. The van der Waals surface area contributed by atoms with Crippen LogP contribution in [-0.4, -0.2) is 40.0 Å². The zero-order chi connectivity index (χ0) is 14.8. The van der Waals surface area contributed by atoms with Crippen LogP contribution in [0.4, 0.5) is 0 Å². The fourth-order valence-electron chi connectivity index (χ4n) is 2.34. The highest BCUT2D eigenvalue weighted by Crippen LogP contribution is 2.30. The van der Waals surface area contributed by atoms with E-state index >= 15 is 0 Å². The van der Waals surface area contributed by atoms with Gasteiger partial charge in [0.2, 0.25) is 0 Å². The van der Waals surface area contributed by atoms with E-state index in [4.69, 9.17) is 5.11 Å². The van der Waals surface area contributed by atoms with E-state index in [1.165, 1.54) is 4.90 Å². The molecule has 0 atom stereocenters. The molecule has 0 radical (unpaired) electrons. The van der Waals surface area contributed by atoms with Gasteiger partial charge in [0, 0.05) is 11.9 Å². The first-order valence-electron chi connectivity index (χ1n) is 7.00. The van der Waals surface area contributed by atoms with Crippen LogP contribution in [-0.2, 0) is 4.79 Å². The van der Waals surface area contributed by atoms with Crippen molar-refractivity contribution in [2.45, 2.75) is 12.8 Å². The molecular weight excluding hydrogens is 268 g/mol. The first kappa shape index (κ1) is 13.5. The van der Waals surface area contributed by atoms with Crippen molar-refractivity contribution in [3.63, 3.8) is 0 Å². The average Bonchev–Trinajstić information content (AvgIpc) is 3.29. The number of aromatic nitrogens is 1. The Morgan fingerprint density at radius 1 is 1.19 bits per heavy atom. The molecule has 2 aromatic rings. The molecule has 1 aliphatic rings. The summed E-state index contributed by atoms with van der Waals surface area (Å²) in [5.41, 5.74) is 1.04. The van der Waals surface area contributed by atoms with Crippen LogP contribution < -0.4 is 0 Å². The third kappa shape index (κ3) is 3.18. The quantitative estimate of drug-likeness (QED) is 0.913. The van der Waals surface area contributed by atoms with E-state index in [9.17, 15) is 9.59 Å². The number of rotatable bonds is 5. The van der Waals surface area contributed by atoms with Crippen molar-refractivity contribution >= 4 is 22.8 Å². The molecule has 1 amide bonds. The highest BCUT2D eigenvalue weighted by Gasteiger charge is 2.29. The molecule has 0 saturated heterocycles. The summed E-state index contributed by atoms with van der Waals surface area (Å²) >= 11 is 0. The number of amides is 1. The Hall–Kier alpha value is -2.43. The molecule has 0 aliphatic heterocycles. The number of carbonyl (C=O) groups is 2. The molecule has 1 heterocycles. The highest BCUT2D eigenvalue weighted by molar-refractivity contribution is 5.96. The molecule has 3 rings (SSSR count). The van der Waals surface area contributed by atoms with Crippen molar-refractivity contribution < 1.29 is 14.7 Å². The summed E-state index contributed by atoms with van der Waals surface area (Å²) in [6.07, 6.45) is 2.13. The van der Waals surface area contributed by atoms with Crippen LogP contribution in [0.1, 0.15) is 23.3 Å². The van der Waals surface area contributed by atoms with E-state index in [1.807, 2.05) is 30.3 Å². The van der Waals surface area contributed by atoms with Gasteiger partial charge in [0.15, 0.2) is 0 Å². The zero-order valence-electron chi connectivity index (χ0n) is 11.5. The second kappa shape index (κ2) is 5.52. The van der Waals surface area contributed by atoms with Crippen molar-refractivity contribution in [2.24, 2.45) is 5.92 Å². The van der Waals surface area contributed by atoms with Crippen molar-refractivity contribution in [1.82, 2.24) is 9.88 Å². The molecule has 0 unspecified atom stereocenters. The first-order chi connectivity index (χ1) is 10.1. The Kier molecular flexibility index (Phi) is 3.56. The summed E-state index contributed by atoms with van der Waals surface area (Å²) in [5, 5.41) is 9.93. The molecule has 1 aliphatic carbocycles. The van der Waals surface area contributed by atoms with E-state index in [0.29, 0.717) is 18.2 Å². The number of pyridine rings is 1. The number of benzene rings is 1. The average molecular weight is 284 g/mol. The lowest BCUT2D eigenvalue weighted by atomic mass is 10.2. The minimum Gasteiger partial charge on any atom is -0.480 e. The lowest BCUT2D eigenvalue weighted by Crippen LogP contribution is -2.37. The predicted molar refractivity (Wildman–Crippen MR) is 78.0 cm³/mol. The summed E-state index contributed by atoms with van der Waals surface area (Å²) in [5.74, 6) is -0.867. The monoisotopic (exact) mass is 284 g/mol. The zero-order valence-corrected chi connectivity index (χ0v) is 11.5. The lowest BCUT2D eigenvalue weighted by molar-refractivity contribution is -0.137. The summed E-state index contributed by atoms with van der Waals surface area (Å²) < 4.78 is 0. The van der Waals surface area contributed by atoms with Gasteiger partial charge in [-0.1, -0.05) is 24.3 Å². The van der Waals surface area contributed by atoms with Gasteiger partial charge < -0.3 is 10.0 Å². The van der Waals surface area contributed by atoms with Gasteiger partial charge in [-0.3, -0.25) is 9.59 Å². The molecule has 0 spiro atoms. The number of aliphatic carboxylic acids is 1. The van der Waals surface area contributed by atoms with Gasteiger partial charge in [-0.2, -0.15) is 0 Å². The van der Waals surface area contributed by atoms with Crippen LogP contribution >= 0.6 is 0 Å². The molecule has 0 bridgehead atoms. The van der Waals surface area contributed by atoms with Gasteiger partial charge in [0.1, 0.15) is 12.2 Å². The van der Waals surface area contributed by atoms with Crippen LogP contribution in [0, 0.1) is 5.92 Å². The SMILES string of the molecule is O=C(O)CN(CC1CC1)C(=O)c1ccc2ccccc2n1. The van der Waals surface area contributed by atoms with Gasteiger partial charge in [-0.15, -0.1) is 0 Å². The summed E-state index contributed by atoms with van der Waals surface area (Å²) in [4.78, 5) is 29.2. The van der Waals surface area contributed by atoms with Gasteiger partial charge >= 0.3 is 5.97 Å². The Balaban J connectivity index is 1.86. The summed E-state index contributed by atoms with van der Waals surface area (Å²) in [6.45, 7) is 0.226. The second-order valence-electron chi connectivity index (χ2n) is 5.41. The van der Waals surface area contributed by atoms with E-state index in [-0.39, 0.29) is 12.5 Å². The number of para-hydroxylation sites is 1. The molecule has 108 valence electrons. The van der Waals surface area contributed by atoms with Crippen LogP contribution in [0.15, 0.2) is 36.4 Å². The van der Waals surface area contributed by atoms with Crippen molar-refractivity contribution in [1.29, 1.82) is 0 Å². The summed E-state index contributed by atoms with van der Waals surface area (Å²) in [7, 11) is 0. The smallest absolute Gasteiger partial charge is 0.323 e. The fourth-order valence-corrected chi connectivity index (χ4v) is 2.34. The maximum absolute atomic E-state index is 12.5. The Labute approximate surface area is 122 Å². The van der Waals surface area contributed by atoms with Gasteiger partial charge in [0.05, 0.1) is 5.52 Å². The number of carboxylic acid groups (broad SMARTS) is 1. The molecule has 5 nitrogen and oxygen atoms in total. The summed E-state index contributed by atoms with van der Waals surface area (Å²) in [6, 6.07) is 11.0. The molecule has 1 saturated carbocycles. The maximum Gasteiger partial charge on any atom is 0.323 e. The fraction of sp³-hybridized carbons (Fsp3) is 0.312. The largest absolute Gasteiger partial charge is 0.480 e. The minimum absolute atomic E-state index is 0.274.